The molecule has 1 aromatic heterocycles. The molecule has 11 rings (SSSR count). The Morgan fingerprint density at radius 2 is 0.896 bits per heavy atom. The maximum absolute atomic E-state index is 13.1. The minimum atomic E-state index is -0.675. The van der Waals surface area contributed by atoms with Gasteiger partial charge in [0, 0.05) is 84.2 Å². The summed E-state index contributed by atoms with van der Waals surface area (Å²) >= 11 is 0. The minimum Gasteiger partial charge on any atom is -0.468 e. The summed E-state index contributed by atoms with van der Waals surface area (Å²) in [6.45, 7) is 14.0. The molecule has 7 aromatic rings. The molecule has 12 amide bonds. The van der Waals surface area contributed by atoms with Crippen LogP contribution in [0.4, 0.5) is 19.2 Å². The van der Waals surface area contributed by atoms with E-state index in [0.29, 0.717) is 103 Å². The maximum atomic E-state index is 13.1. The quantitative estimate of drug-likeness (QED) is 0.0171. The number of hydrogen-bond acceptors (Lipinski definition) is 11. The number of esters is 1. The number of benzene rings is 6. The van der Waals surface area contributed by atoms with E-state index in [0.717, 1.165) is 60.8 Å². The van der Waals surface area contributed by atoms with Crippen LogP contribution in [0, 0.1) is 0 Å². The molecule has 5 unspecified atom stereocenters. The first-order chi connectivity index (χ1) is 51.5. The van der Waals surface area contributed by atoms with E-state index < -0.39 is 30.1 Å². The monoisotopic (exact) mass is 1440 g/mol. The number of nitrogens with zero attached hydrogens (tertiary/aromatic N) is 7. The number of pyridine rings is 1. The van der Waals surface area contributed by atoms with Gasteiger partial charge in [0.05, 0.1) is 18.8 Å². The molecular formula is C83H105N13O10. The van der Waals surface area contributed by atoms with Crippen molar-refractivity contribution in [1.29, 1.82) is 0 Å². The Hall–Kier alpha value is -11.1. The van der Waals surface area contributed by atoms with Gasteiger partial charge in [0.1, 0.15) is 24.7 Å². The maximum Gasteiger partial charge on any atom is 0.325 e. The zero-order chi connectivity index (χ0) is 75.4. The molecule has 5 atom stereocenters. The van der Waals surface area contributed by atoms with Crippen molar-refractivity contribution >= 4 is 53.7 Å². The normalized spacial score (nSPS) is 15.7. The second-order valence-electron chi connectivity index (χ2n) is 26.8. The van der Waals surface area contributed by atoms with Crippen LogP contribution < -0.4 is 31.9 Å². The lowest BCUT2D eigenvalue weighted by atomic mass is 10.0. The average Bonchev–Trinajstić information content (AvgIpc) is 1.67. The number of carbonyl (C=O) groups excluding carboxylic acids is 9. The Labute approximate surface area is 624 Å². The van der Waals surface area contributed by atoms with Gasteiger partial charge in [-0.15, -0.1) is 0 Å². The molecule has 4 aliphatic heterocycles. The molecule has 4 saturated heterocycles. The van der Waals surface area contributed by atoms with Crippen molar-refractivity contribution in [3.05, 3.63) is 245 Å². The fourth-order valence-corrected chi connectivity index (χ4v) is 12.9. The molecule has 23 heteroatoms. The molecule has 0 spiro atoms. The Balaban J connectivity index is 0.000000181. The standard InChI is InChI=1S/C24H31N3O2.C23H27N3O4.C23H29N3O2.C13H18N4O2/c1-2-3-16-25-23(28)22(15-14-20-10-6-4-7-11-20)27-18-17-26(24(27)29)19-21-12-8-5-9-13-21;1-30-21(27)16-24-22(28)20(13-12-18-8-4-2-5-9-18)26-15-14-25(23(26)29)17-19-10-6-3-7-11-19;1-2-3-16-24-22(27)21(15-14-18-10-6-4-7-11-18)26-17-20(25-23(26)28)19-12-8-5-9-13-19;1-9(2)16-12(18)11(10-5-3-4-6-14-10)17-8-7-15-13(17)19/h4-13,22H,2-3,14-19H2,1H3,(H,25,28);2-11,20H,12-17H2,1H3,(H,24,28);4-13,20-21H,2-3,14-17H2,1H3,(H,24,27)(H,25,28);3-6,9,11H,7-8H2,1-2H3,(H,15,19)(H,16,18). The van der Waals surface area contributed by atoms with E-state index in [9.17, 15) is 43.2 Å². The Morgan fingerprint density at radius 3 is 1.29 bits per heavy atom. The van der Waals surface area contributed by atoms with Crippen molar-refractivity contribution < 1.29 is 47.9 Å². The number of aryl methyl sites for hydroxylation is 3. The fraction of sp³-hybridized carbons (Fsp3) is 0.398. The number of aromatic nitrogens is 1. The second kappa shape index (κ2) is 43.2. The van der Waals surface area contributed by atoms with Crippen LogP contribution in [-0.2, 0) is 61.1 Å². The topological polar surface area (TPSA) is 267 Å². The van der Waals surface area contributed by atoms with Gasteiger partial charge in [-0.1, -0.05) is 215 Å². The third kappa shape index (κ3) is 25.1. The smallest absolute Gasteiger partial charge is 0.325 e. The lowest BCUT2D eigenvalue weighted by molar-refractivity contribution is -0.141. The van der Waals surface area contributed by atoms with E-state index in [4.69, 9.17) is 0 Å². The number of unbranched alkanes of at least 4 members (excludes halogenated alkanes) is 2. The molecule has 23 nitrogen and oxygen atoms in total. The summed E-state index contributed by atoms with van der Waals surface area (Å²) in [4.78, 5) is 127. The molecule has 562 valence electrons. The summed E-state index contributed by atoms with van der Waals surface area (Å²) in [6, 6.07) is 62.2. The van der Waals surface area contributed by atoms with E-state index in [1.54, 1.807) is 37.9 Å². The predicted molar refractivity (Wildman–Crippen MR) is 409 cm³/mol. The summed E-state index contributed by atoms with van der Waals surface area (Å²) in [7, 11) is 1.27. The summed E-state index contributed by atoms with van der Waals surface area (Å²) in [5.41, 5.74) is 7.25. The van der Waals surface area contributed by atoms with Crippen LogP contribution in [0.15, 0.2) is 206 Å². The molecule has 4 aliphatic rings. The van der Waals surface area contributed by atoms with Gasteiger partial charge in [0.25, 0.3) is 0 Å². The first-order valence-electron chi connectivity index (χ1n) is 37.1. The number of amides is 12. The third-order valence-electron chi connectivity index (χ3n) is 18.7. The van der Waals surface area contributed by atoms with E-state index in [1.165, 1.54) is 23.1 Å². The van der Waals surface area contributed by atoms with Crippen molar-refractivity contribution in [2.45, 2.75) is 141 Å². The summed E-state index contributed by atoms with van der Waals surface area (Å²) in [5.74, 6) is -1.17. The van der Waals surface area contributed by atoms with Crippen LogP contribution in [0.1, 0.15) is 124 Å². The Bertz CT molecular complexity index is 3850. The second-order valence-corrected chi connectivity index (χ2v) is 26.8. The molecule has 5 heterocycles. The van der Waals surface area contributed by atoms with E-state index in [2.05, 4.69) is 79.7 Å². The highest BCUT2D eigenvalue weighted by molar-refractivity contribution is 5.91. The summed E-state index contributed by atoms with van der Waals surface area (Å²) in [6.07, 6.45) is 9.46. The molecular weight excluding hydrogens is 1340 g/mol. The van der Waals surface area contributed by atoms with Crippen molar-refractivity contribution in [2.75, 3.05) is 72.6 Å². The van der Waals surface area contributed by atoms with E-state index >= 15 is 0 Å². The van der Waals surface area contributed by atoms with Gasteiger partial charge in [-0.05, 0) is 111 Å². The van der Waals surface area contributed by atoms with Gasteiger partial charge in [-0.25, -0.2) is 19.2 Å². The van der Waals surface area contributed by atoms with Gasteiger partial charge in [0.15, 0.2) is 6.04 Å². The van der Waals surface area contributed by atoms with Crippen molar-refractivity contribution in [3.8, 4) is 0 Å². The lowest BCUT2D eigenvalue weighted by Crippen LogP contribution is -2.49. The molecule has 0 bridgehead atoms. The zero-order valence-corrected chi connectivity index (χ0v) is 61.9. The van der Waals surface area contributed by atoms with Gasteiger partial charge < -0.3 is 66.0 Å². The highest BCUT2D eigenvalue weighted by Crippen LogP contribution is 2.27. The fourth-order valence-electron chi connectivity index (χ4n) is 12.9. The van der Waals surface area contributed by atoms with Gasteiger partial charge in [-0.2, -0.15) is 0 Å². The van der Waals surface area contributed by atoms with Crippen LogP contribution in [-0.4, -0.2) is 185 Å². The lowest BCUT2D eigenvalue weighted by Gasteiger charge is -2.27. The first kappa shape index (κ1) is 80.6. The summed E-state index contributed by atoms with van der Waals surface area (Å²) < 4.78 is 4.60. The highest BCUT2D eigenvalue weighted by Gasteiger charge is 2.41. The molecule has 0 saturated carbocycles. The van der Waals surface area contributed by atoms with Crippen molar-refractivity contribution in [2.24, 2.45) is 0 Å². The third-order valence-corrected chi connectivity index (χ3v) is 18.7. The zero-order valence-electron chi connectivity index (χ0n) is 61.9. The highest BCUT2D eigenvalue weighted by atomic mass is 16.5. The van der Waals surface area contributed by atoms with Gasteiger partial charge >= 0.3 is 30.1 Å². The Kier molecular flexibility index (Phi) is 32.9. The Morgan fingerprint density at radius 1 is 0.481 bits per heavy atom. The number of rotatable bonds is 32. The SMILES string of the molecule is CC(C)NC(=O)C(c1ccccn1)N1CCNC1=O.CCCCNC(=O)C(CCc1ccccc1)N1CC(c2ccccc2)NC1=O.CCCCNC(=O)C(CCc1ccccc1)N1CCN(Cc2ccccc2)C1=O.COC(=O)CNC(=O)C(CCc1ccccc1)N1CCN(Cc2ccccc2)C1=O. The average molecular weight is 1440 g/mol. The van der Waals surface area contributed by atoms with E-state index in [-0.39, 0.29) is 66.4 Å². The molecule has 0 aliphatic carbocycles. The van der Waals surface area contributed by atoms with Crippen molar-refractivity contribution in [3.63, 3.8) is 0 Å². The minimum absolute atomic E-state index is 0.0179. The molecule has 106 heavy (non-hydrogen) atoms. The van der Waals surface area contributed by atoms with Gasteiger partial charge in [-0.3, -0.25) is 29.0 Å². The van der Waals surface area contributed by atoms with Crippen LogP contribution in [0.2, 0.25) is 0 Å². The molecule has 0 radical (unpaired) electrons. The van der Waals surface area contributed by atoms with Crippen LogP contribution in [0.3, 0.4) is 0 Å². The molecule has 6 aromatic carbocycles. The van der Waals surface area contributed by atoms with Crippen LogP contribution in [0.5, 0.6) is 0 Å². The summed E-state index contributed by atoms with van der Waals surface area (Å²) in [5, 5.41) is 17.2. The number of hydrogen-bond donors (Lipinski definition) is 6. The predicted octanol–water partition coefficient (Wildman–Crippen LogP) is 10.4. The number of nitrogens with one attached hydrogen (secondary N) is 6. The first-order valence-corrected chi connectivity index (χ1v) is 37.1. The number of ether oxygens (including phenoxy) is 1. The van der Waals surface area contributed by atoms with Crippen LogP contribution in [0.25, 0.3) is 0 Å². The van der Waals surface area contributed by atoms with E-state index in [1.807, 2.05) is 183 Å². The number of carbonyl (C=O) groups is 9. The van der Waals surface area contributed by atoms with Crippen LogP contribution >= 0.6 is 0 Å². The number of methoxy groups -OCH3 is 1. The molecule has 6 N–H and O–H groups in total. The molecule has 4 fully saturated rings. The number of urea groups is 4. The largest absolute Gasteiger partial charge is 0.468 e. The van der Waals surface area contributed by atoms with Crippen molar-refractivity contribution in [1.82, 2.24) is 66.3 Å². The van der Waals surface area contributed by atoms with Gasteiger partial charge in [0.2, 0.25) is 23.6 Å².